The second kappa shape index (κ2) is 4.73. The second-order valence-electron chi connectivity index (χ2n) is 4.21. The van der Waals surface area contributed by atoms with Crippen molar-refractivity contribution in [2.45, 2.75) is 0 Å². The number of benzene rings is 1. The fourth-order valence-corrected chi connectivity index (χ4v) is 2.07. The van der Waals surface area contributed by atoms with Crippen molar-refractivity contribution in [2.24, 2.45) is 0 Å². The van der Waals surface area contributed by atoms with Crippen LogP contribution in [0.3, 0.4) is 0 Å². The smallest absolute Gasteiger partial charge is 0.273 e. The molecule has 102 valence electrons. The zero-order chi connectivity index (χ0) is 14.1. The van der Waals surface area contributed by atoms with E-state index in [2.05, 4.69) is 10.1 Å². The summed E-state index contributed by atoms with van der Waals surface area (Å²) >= 11 is 0. The summed E-state index contributed by atoms with van der Waals surface area (Å²) in [6, 6.07) is 8.64. The van der Waals surface area contributed by atoms with E-state index in [9.17, 15) is 4.79 Å². The lowest BCUT2D eigenvalue weighted by Gasteiger charge is -2.09. The third-order valence-corrected chi connectivity index (χ3v) is 3.06. The van der Waals surface area contributed by atoms with Crippen LogP contribution in [0.15, 0.2) is 41.3 Å². The van der Waals surface area contributed by atoms with E-state index in [0.29, 0.717) is 22.8 Å². The number of nitrogens with zero attached hydrogens (tertiary/aromatic N) is 2. The zero-order valence-corrected chi connectivity index (χ0v) is 11.1. The van der Waals surface area contributed by atoms with E-state index in [-0.39, 0.29) is 5.56 Å². The van der Waals surface area contributed by atoms with E-state index >= 15 is 0 Å². The SMILES string of the molecule is COc1ccc(-c2cc(=O)n3[nH]ccc3n2)cc1OC. The lowest BCUT2D eigenvalue weighted by atomic mass is 10.1. The highest BCUT2D eigenvalue weighted by Gasteiger charge is 2.09. The van der Waals surface area contributed by atoms with Crippen LogP contribution >= 0.6 is 0 Å². The molecule has 0 amide bonds. The molecule has 3 rings (SSSR count). The maximum absolute atomic E-state index is 11.9. The number of ether oxygens (including phenoxy) is 2. The molecule has 0 radical (unpaired) electrons. The van der Waals surface area contributed by atoms with Gasteiger partial charge in [0.15, 0.2) is 17.1 Å². The van der Waals surface area contributed by atoms with Gasteiger partial charge in [0.2, 0.25) is 0 Å². The normalized spacial score (nSPS) is 10.7. The molecule has 6 heteroatoms. The number of nitrogens with one attached hydrogen (secondary N) is 1. The van der Waals surface area contributed by atoms with Crippen LogP contribution in [-0.2, 0) is 0 Å². The number of rotatable bonds is 3. The molecule has 0 spiro atoms. The second-order valence-corrected chi connectivity index (χ2v) is 4.21. The number of aromatic amines is 1. The van der Waals surface area contributed by atoms with Gasteiger partial charge < -0.3 is 9.47 Å². The molecule has 2 aromatic heterocycles. The average Bonchev–Trinajstić information content (AvgIpc) is 2.95. The number of hydrogen-bond acceptors (Lipinski definition) is 4. The molecule has 1 aromatic carbocycles. The Balaban J connectivity index is 2.17. The van der Waals surface area contributed by atoms with Crippen LogP contribution in [0.5, 0.6) is 11.5 Å². The van der Waals surface area contributed by atoms with Crippen molar-refractivity contribution in [3.05, 3.63) is 46.9 Å². The van der Waals surface area contributed by atoms with Gasteiger partial charge in [0.25, 0.3) is 5.56 Å². The van der Waals surface area contributed by atoms with Crippen LogP contribution in [0.4, 0.5) is 0 Å². The van der Waals surface area contributed by atoms with E-state index in [0.717, 1.165) is 5.56 Å². The van der Waals surface area contributed by atoms with Crippen molar-refractivity contribution in [1.82, 2.24) is 14.6 Å². The zero-order valence-electron chi connectivity index (χ0n) is 11.1. The molecule has 3 aromatic rings. The summed E-state index contributed by atoms with van der Waals surface area (Å²) in [6.07, 6.45) is 1.67. The van der Waals surface area contributed by atoms with Gasteiger partial charge in [-0.05, 0) is 18.2 Å². The van der Waals surface area contributed by atoms with Gasteiger partial charge in [-0.1, -0.05) is 0 Å². The first-order valence-corrected chi connectivity index (χ1v) is 6.02. The molecule has 6 nitrogen and oxygen atoms in total. The summed E-state index contributed by atoms with van der Waals surface area (Å²) < 4.78 is 11.8. The van der Waals surface area contributed by atoms with E-state index < -0.39 is 0 Å². The molecule has 0 unspecified atom stereocenters. The Morgan fingerprint density at radius 1 is 1.10 bits per heavy atom. The number of hydrogen-bond donors (Lipinski definition) is 1. The predicted octanol–water partition coefficient (Wildman–Crippen LogP) is 1.71. The Hall–Kier alpha value is -2.76. The largest absolute Gasteiger partial charge is 0.493 e. The molecular formula is C14H13N3O3. The molecule has 0 aliphatic rings. The van der Waals surface area contributed by atoms with Crippen molar-refractivity contribution in [3.63, 3.8) is 0 Å². The maximum Gasteiger partial charge on any atom is 0.273 e. The van der Waals surface area contributed by atoms with Gasteiger partial charge in [-0.2, -0.15) is 0 Å². The van der Waals surface area contributed by atoms with E-state index in [4.69, 9.17) is 9.47 Å². The molecule has 20 heavy (non-hydrogen) atoms. The monoisotopic (exact) mass is 271 g/mol. The molecule has 0 bridgehead atoms. The van der Waals surface area contributed by atoms with Gasteiger partial charge in [0, 0.05) is 23.9 Å². The van der Waals surface area contributed by atoms with Crippen molar-refractivity contribution in [3.8, 4) is 22.8 Å². The van der Waals surface area contributed by atoms with Gasteiger partial charge in [0.1, 0.15) is 0 Å². The van der Waals surface area contributed by atoms with Gasteiger partial charge in [-0.25, -0.2) is 9.50 Å². The topological polar surface area (TPSA) is 68.6 Å². The fraction of sp³-hybridized carbons (Fsp3) is 0.143. The standard InChI is InChI=1S/C14H13N3O3/c1-19-11-4-3-9(7-12(11)20-2)10-8-14(18)17-13(16-10)5-6-15-17/h3-8,15H,1-2H3. The molecule has 0 aliphatic heterocycles. The highest BCUT2D eigenvalue weighted by atomic mass is 16.5. The van der Waals surface area contributed by atoms with E-state index in [1.165, 1.54) is 10.6 Å². The highest BCUT2D eigenvalue weighted by molar-refractivity contribution is 5.65. The first kappa shape index (κ1) is 12.3. The van der Waals surface area contributed by atoms with Crippen LogP contribution in [0.2, 0.25) is 0 Å². The summed E-state index contributed by atoms with van der Waals surface area (Å²) in [7, 11) is 3.15. The summed E-state index contributed by atoms with van der Waals surface area (Å²) in [5.41, 5.74) is 1.80. The number of methoxy groups -OCH3 is 2. The molecule has 0 atom stereocenters. The Bertz CT molecular complexity index is 820. The van der Waals surface area contributed by atoms with Gasteiger partial charge in [-0.15, -0.1) is 0 Å². The van der Waals surface area contributed by atoms with Crippen molar-refractivity contribution < 1.29 is 9.47 Å². The maximum atomic E-state index is 11.9. The summed E-state index contributed by atoms with van der Waals surface area (Å²) in [5.74, 6) is 1.23. The van der Waals surface area contributed by atoms with E-state index in [1.54, 1.807) is 38.6 Å². The summed E-state index contributed by atoms with van der Waals surface area (Å²) in [6.45, 7) is 0. The van der Waals surface area contributed by atoms with Crippen molar-refractivity contribution >= 4 is 5.65 Å². The third-order valence-electron chi connectivity index (χ3n) is 3.06. The van der Waals surface area contributed by atoms with Crippen LogP contribution < -0.4 is 15.0 Å². The quantitative estimate of drug-likeness (QED) is 0.787. The number of H-pyrrole nitrogens is 1. The number of aromatic nitrogens is 3. The van der Waals surface area contributed by atoms with E-state index in [1.807, 2.05) is 6.07 Å². The molecular weight excluding hydrogens is 258 g/mol. The lowest BCUT2D eigenvalue weighted by Crippen LogP contribution is -2.14. The molecule has 0 fully saturated rings. The van der Waals surface area contributed by atoms with Gasteiger partial charge >= 0.3 is 0 Å². The minimum atomic E-state index is -0.162. The first-order valence-electron chi connectivity index (χ1n) is 6.02. The van der Waals surface area contributed by atoms with Gasteiger partial charge in [0.05, 0.1) is 19.9 Å². The Kier molecular flexibility index (Phi) is 2.90. The van der Waals surface area contributed by atoms with Crippen LogP contribution in [0, 0.1) is 0 Å². The molecule has 0 saturated carbocycles. The Morgan fingerprint density at radius 3 is 2.65 bits per heavy atom. The van der Waals surface area contributed by atoms with Crippen LogP contribution in [0.25, 0.3) is 16.9 Å². The highest BCUT2D eigenvalue weighted by Crippen LogP contribution is 2.31. The molecule has 0 aliphatic carbocycles. The van der Waals surface area contributed by atoms with Crippen molar-refractivity contribution in [2.75, 3.05) is 14.2 Å². The van der Waals surface area contributed by atoms with Gasteiger partial charge in [-0.3, -0.25) is 9.89 Å². The molecule has 2 heterocycles. The molecule has 0 saturated heterocycles. The summed E-state index contributed by atoms with van der Waals surface area (Å²) in [5, 5.41) is 2.80. The van der Waals surface area contributed by atoms with Crippen LogP contribution in [-0.4, -0.2) is 28.8 Å². The summed E-state index contributed by atoms with van der Waals surface area (Å²) in [4.78, 5) is 16.4. The van der Waals surface area contributed by atoms with Crippen LogP contribution in [0.1, 0.15) is 0 Å². The number of fused-ring (bicyclic) bond motifs is 1. The third kappa shape index (κ3) is 1.91. The first-order chi connectivity index (χ1) is 9.72. The minimum absolute atomic E-state index is 0.162. The average molecular weight is 271 g/mol. The Morgan fingerprint density at radius 2 is 1.90 bits per heavy atom. The lowest BCUT2D eigenvalue weighted by molar-refractivity contribution is 0.355. The predicted molar refractivity (Wildman–Crippen MR) is 74.4 cm³/mol. The Labute approximate surface area is 114 Å². The molecule has 1 N–H and O–H groups in total. The fourth-order valence-electron chi connectivity index (χ4n) is 2.07. The minimum Gasteiger partial charge on any atom is -0.493 e. The van der Waals surface area contributed by atoms with Crippen molar-refractivity contribution in [1.29, 1.82) is 0 Å².